The zero-order valence-corrected chi connectivity index (χ0v) is 69.9. The smallest absolute Gasteiger partial charge is 0.220 e. The fourth-order valence-electron chi connectivity index (χ4n) is 15.7. The number of nitrogens with one attached hydrogen (secondary N) is 1. The zero-order valence-electron chi connectivity index (χ0n) is 69.9. The van der Waals surface area contributed by atoms with Crippen LogP contribution in [0.25, 0.3) is 0 Å². The monoisotopic (exact) mass is 1520 g/mol. The quantitative estimate of drug-likeness (QED) is 0.0204. The summed E-state index contributed by atoms with van der Waals surface area (Å²) in [5, 5.41) is 87.9. The van der Waals surface area contributed by atoms with Gasteiger partial charge in [-0.3, -0.25) is 4.79 Å². The molecule has 14 nitrogen and oxygen atoms in total. The molecule has 14 heteroatoms. The Morgan fingerprint density at radius 1 is 0.327 bits per heavy atom. The second-order valence-corrected chi connectivity index (χ2v) is 33.1. The first kappa shape index (κ1) is 101. The van der Waals surface area contributed by atoms with Crippen LogP contribution in [0.5, 0.6) is 0 Å². The van der Waals surface area contributed by atoms with Gasteiger partial charge in [0.25, 0.3) is 0 Å². The Morgan fingerprint density at radius 3 is 0.916 bits per heavy atom. The van der Waals surface area contributed by atoms with Crippen LogP contribution >= 0.6 is 0 Å². The molecule has 2 aliphatic heterocycles. The first-order chi connectivity index (χ1) is 52.6. The average molecular weight is 1520 g/mol. The van der Waals surface area contributed by atoms with E-state index in [1.165, 1.54) is 392 Å². The van der Waals surface area contributed by atoms with Gasteiger partial charge in [-0.15, -0.1) is 0 Å². The van der Waals surface area contributed by atoms with Gasteiger partial charge in [0.1, 0.15) is 48.8 Å². The van der Waals surface area contributed by atoms with Crippen molar-refractivity contribution in [1.29, 1.82) is 0 Å². The first-order valence-electron chi connectivity index (χ1n) is 46.7. The third-order valence-corrected chi connectivity index (χ3v) is 23.0. The Morgan fingerprint density at radius 2 is 0.598 bits per heavy atom. The van der Waals surface area contributed by atoms with Crippen LogP contribution in [-0.2, 0) is 23.7 Å². The van der Waals surface area contributed by atoms with Crippen LogP contribution in [0.4, 0.5) is 0 Å². The number of unbranched alkanes of at least 4 members (excludes halogenated alkanes) is 64. The summed E-state index contributed by atoms with van der Waals surface area (Å²) in [5.41, 5.74) is 0. The molecule has 107 heavy (non-hydrogen) atoms. The number of aliphatic hydroxyl groups excluding tert-OH is 8. The first-order valence-corrected chi connectivity index (χ1v) is 46.7. The van der Waals surface area contributed by atoms with Gasteiger partial charge in [0, 0.05) is 6.42 Å². The van der Waals surface area contributed by atoms with Gasteiger partial charge in [-0.2, -0.15) is 0 Å². The van der Waals surface area contributed by atoms with Crippen molar-refractivity contribution in [3.8, 4) is 0 Å². The molecule has 0 saturated carbocycles. The molecular formula is C93H177NO13. The predicted octanol–water partition coefficient (Wildman–Crippen LogP) is 23.1. The van der Waals surface area contributed by atoms with Crippen LogP contribution in [0.1, 0.15) is 457 Å². The summed E-state index contributed by atoms with van der Waals surface area (Å²) in [6.07, 6.45) is 87.2. The molecule has 0 aromatic heterocycles. The van der Waals surface area contributed by atoms with Crippen molar-refractivity contribution < 1.29 is 64.6 Å². The van der Waals surface area contributed by atoms with Gasteiger partial charge in [0.05, 0.1) is 32.0 Å². The lowest BCUT2D eigenvalue weighted by atomic mass is 9.97. The number of aliphatic hydroxyl groups is 8. The van der Waals surface area contributed by atoms with Crippen molar-refractivity contribution in [3.63, 3.8) is 0 Å². The van der Waals surface area contributed by atoms with E-state index in [2.05, 4.69) is 43.5 Å². The molecule has 2 saturated heterocycles. The van der Waals surface area contributed by atoms with Gasteiger partial charge in [0.2, 0.25) is 5.91 Å². The fourth-order valence-corrected chi connectivity index (χ4v) is 15.7. The van der Waals surface area contributed by atoms with Crippen molar-refractivity contribution in [2.45, 2.75) is 530 Å². The number of allylic oxidation sites excluding steroid dienone is 5. The van der Waals surface area contributed by atoms with E-state index in [0.717, 1.165) is 32.1 Å². The molecule has 632 valence electrons. The SMILES string of the molecule is CCCCCCCCCC/C=C\CCCCCCCCCCCCCCCCCCCCCCCCCCCCCCCC(=O)NC(COC1OC(CO)C(OC2OC(CO)C(O)C(O)C2O)C(O)C1O)C(O)/C=C/CC/C=C/CCCCCCCCCCCCCCCCCCCCCCCCCCCC. The molecule has 12 atom stereocenters. The van der Waals surface area contributed by atoms with Crippen LogP contribution in [0.15, 0.2) is 36.5 Å². The molecule has 12 unspecified atom stereocenters. The van der Waals surface area contributed by atoms with Crippen molar-refractivity contribution in [3.05, 3.63) is 36.5 Å². The average Bonchev–Trinajstić information content (AvgIpc) is 0.789. The maximum atomic E-state index is 13.4. The Kier molecular flexibility index (Phi) is 72.7. The van der Waals surface area contributed by atoms with Gasteiger partial charge in [0.15, 0.2) is 12.6 Å². The molecule has 0 spiro atoms. The summed E-state index contributed by atoms with van der Waals surface area (Å²) in [7, 11) is 0. The molecule has 0 aromatic carbocycles. The fraction of sp³-hybridized carbons (Fsp3) is 0.925. The van der Waals surface area contributed by atoms with Gasteiger partial charge in [-0.1, -0.05) is 429 Å². The molecule has 2 fully saturated rings. The number of carbonyl (C=O) groups excluding carboxylic acids is 1. The molecule has 2 heterocycles. The van der Waals surface area contributed by atoms with Gasteiger partial charge < -0.3 is 65.1 Å². The van der Waals surface area contributed by atoms with Crippen LogP contribution in [0.2, 0.25) is 0 Å². The lowest BCUT2D eigenvalue weighted by Crippen LogP contribution is -2.65. The highest BCUT2D eigenvalue weighted by Crippen LogP contribution is 2.31. The molecule has 1 amide bonds. The second-order valence-electron chi connectivity index (χ2n) is 33.1. The van der Waals surface area contributed by atoms with E-state index >= 15 is 0 Å². The van der Waals surface area contributed by atoms with E-state index in [0.29, 0.717) is 12.8 Å². The number of ether oxygens (including phenoxy) is 4. The highest BCUT2D eigenvalue weighted by Gasteiger charge is 2.51. The molecule has 0 aromatic rings. The minimum atomic E-state index is -1.79. The Bertz CT molecular complexity index is 1940. The number of carbonyl (C=O) groups is 1. The minimum absolute atomic E-state index is 0.239. The number of hydrogen-bond donors (Lipinski definition) is 9. The van der Waals surface area contributed by atoms with E-state index in [1.54, 1.807) is 6.08 Å². The molecule has 2 aliphatic rings. The van der Waals surface area contributed by atoms with Crippen molar-refractivity contribution in [2.24, 2.45) is 0 Å². The standard InChI is InChI=1S/C93H177NO13/c1-3-5-7-9-11-13-15-17-19-21-23-25-27-29-31-33-35-37-38-39-40-41-42-43-44-45-47-49-51-53-55-57-59-61-63-65-67-69-71-73-75-77-85(98)94-81(80-104-92-90(103)88(101)91(84(79-96)106-92)107-93-89(102)87(100)86(99)83(78-95)105-93)82(97)76-74-72-70-68-66-64-62-60-58-56-54-52-50-48-46-36-34-32-30-28-26-24-22-20-18-16-14-12-10-8-6-4-2/h21,23,66,68,74,76,81-84,86-93,95-97,99-103H,3-20,22,24-65,67,69-73,75,77-80H2,1-2H3,(H,94,98)/b23-21-,68-66+,76-74+. The van der Waals surface area contributed by atoms with E-state index in [4.69, 9.17) is 18.9 Å². The summed E-state index contributed by atoms with van der Waals surface area (Å²) >= 11 is 0. The van der Waals surface area contributed by atoms with Gasteiger partial charge >= 0.3 is 0 Å². The highest BCUT2D eigenvalue weighted by atomic mass is 16.7. The molecule has 0 radical (unpaired) electrons. The molecule has 0 aliphatic carbocycles. The summed E-state index contributed by atoms with van der Waals surface area (Å²) in [6.45, 7) is 2.86. The summed E-state index contributed by atoms with van der Waals surface area (Å²) < 4.78 is 23.0. The largest absolute Gasteiger partial charge is 0.394 e. The number of hydrogen-bond acceptors (Lipinski definition) is 13. The van der Waals surface area contributed by atoms with Gasteiger partial charge in [-0.25, -0.2) is 0 Å². The third-order valence-electron chi connectivity index (χ3n) is 23.0. The van der Waals surface area contributed by atoms with Crippen LogP contribution in [0.3, 0.4) is 0 Å². The van der Waals surface area contributed by atoms with Crippen LogP contribution in [0, 0.1) is 0 Å². The number of amides is 1. The maximum Gasteiger partial charge on any atom is 0.220 e. The normalized spacial score (nSPS) is 21.3. The Balaban J connectivity index is 1.55. The van der Waals surface area contributed by atoms with Crippen molar-refractivity contribution in [2.75, 3.05) is 19.8 Å². The maximum absolute atomic E-state index is 13.4. The van der Waals surface area contributed by atoms with Crippen LogP contribution in [-0.4, -0.2) is 140 Å². The van der Waals surface area contributed by atoms with E-state index in [1.807, 2.05) is 6.08 Å². The summed E-state index contributed by atoms with van der Waals surface area (Å²) in [4.78, 5) is 13.4. The Labute approximate surface area is 659 Å². The third kappa shape index (κ3) is 58.7. The van der Waals surface area contributed by atoms with E-state index < -0.39 is 86.8 Å². The lowest BCUT2D eigenvalue weighted by molar-refractivity contribution is -0.359. The number of rotatable bonds is 81. The molecule has 0 bridgehead atoms. The summed E-state index contributed by atoms with van der Waals surface area (Å²) in [6, 6.07) is -0.932. The van der Waals surface area contributed by atoms with Gasteiger partial charge in [-0.05, 0) is 57.8 Å². The van der Waals surface area contributed by atoms with Crippen molar-refractivity contribution >= 4 is 5.91 Å². The van der Waals surface area contributed by atoms with E-state index in [-0.39, 0.29) is 18.9 Å². The molecule has 2 rings (SSSR count). The zero-order chi connectivity index (χ0) is 77.2. The summed E-state index contributed by atoms with van der Waals surface area (Å²) in [5.74, 6) is -0.239. The van der Waals surface area contributed by atoms with E-state index in [9.17, 15) is 45.6 Å². The molecule has 9 N–H and O–H groups in total. The Hall–Kier alpha value is -1.79. The second kappa shape index (κ2) is 76.8. The topological polar surface area (TPSA) is 228 Å². The lowest BCUT2D eigenvalue weighted by Gasteiger charge is -2.46. The van der Waals surface area contributed by atoms with Crippen LogP contribution < -0.4 is 5.32 Å². The predicted molar refractivity (Wildman–Crippen MR) is 448 cm³/mol. The van der Waals surface area contributed by atoms with Crippen molar-refractivity contribution in [1.82, 2.24) is 5.32 Å². The minimum Gasteiger partial charge on any atom is -0.394 e. The highest BCUT2D eigenvalue weighted by molar-refractivity contribution is 5.76. The molecular weight excluding hydrogens is 1340 g/mol.